The molecule has 1 fully saturated rings. The van der Waals surface area contributed by atoms with Crippen molar-refractivity contribution in [1.29, 1.82) is 0 Å². The van der Waals surface area contributed by atoms with Gasteiger partial charge in [0.2, 0.25) is 0 Å². The lowest BCUT2D eigenvalue weighted by molar-refractivity contribution is -0.141. The molecule has 2 amide bonds. The molecule has 0 aromatic carbocycles. The number of piperidine rings is 1. The van der Waals surface area contributed by atoms with Gasteiger partial charge in [-0.3, -0.25) is 4.79 Å². The van der Waals surface area contributed by atoms with Crippen LogP contribution in [0.2, 0.25) is 0 Å². The van der Waals surface area contributed by atoms with Crippen LogP contribution in [0.1, 0.15) is 34.9 Å². The molecule has 2 rings (SSSR count). The van der Waals surface area contributed by atoms with E-state index in [0.717, 1.165) is 9.58 Å². The molecule has 5 N–H and O–H groups in total. The third-order valence-corrected chi connectivity index (χ3v) is 3.54. The molecule has 1 aromatic rings. The molecule has 2 heterocycles. The van der Waals surface area contributed by atoms with E-state index in [1.807, 2.05) is 0 Å². The average molecular weight is 321 g/mol. The van der Waals surface area contributed by atoms with Gasteiger partial charge in [-0.25, -0.2) is 9.48 Å². The normalized spacial score (nSPS) is 16.8. The predicted octanol–water partition coefficient (Wildman–Crippen LogP) is 0.898. The Morgan fingerprint density at radius 3 is 2.18 bits per heavy atom. The monoisotopic (exact) mass is 321 g/mol. The average Bonchev–Trinajstić information content (AvgIpc) is 2.76. The summed E-state index contributed by atoms with van der Waals surface area (Å²) in [6.45, 7) is 0.291. The van der Waals surface area contributed by atoms with Crippen LogP contribution in [0, 0.1) is 0 Å². The summed E-state index contributed by atoms with van der Waals surface area (Å²) in [5, 5.41) is 12.2. The summed E-state index contributed by atoms with van der Waals surface area (Å²) < 4.78 is 39.7. The number of carbonyl (C=O) groups excluding carboxylic acids is 1. The van der Waals surface area contributed by atoms with Gasteiger partial charge in [-0.2, -0.15) is 18.3 Å². The lowest BCUT2D eigenvalue weighted by Gasteiger charge is -2.30. The predicted molar refractivity (Wildman–Crippen MR) is 68.0 cm³/mol. The van der Waals surface area contributed by atoms with Gasteiger partial charge in [0.05, 0.1) is 6.04 Å². The zero-order chi connectivity index (χ0) is 16.7. The molecule has 0 saturated carbocycles. The molecule has 1 aromatic heterocycles. The van der Waals surface area contributed by atoms with E-state index >= 15 is 0 Å². The second-order valence-corrected chi connectivity index (χ2v) is 4.92. The molecule has 11 heteroatoms. The summed E-state index contributed by atoms with van der Waals surface area (Å²) in [5.74, 6) is -1.76. The van der Waals surface area contributed by atoms with E-state index in [-0.39, 0.29) is 25.9 Å². The quantitative estimate of drug-likeness (QED) is 0.745. The van der Waals surface area contributed by atoms with Gasteiger partial charge < -0.3 is 21.5 Å². The first-order valence-corrected chi connectivity index (χ1v) is 6.35. The highest BCUT2D eigenvalue weighted by atomic mass is 19.4. The number of carboxylic acid groups (broad SMARTS) is 1. The van der Waals surface area contributed by atoms with Crippen LogP contribution in [0.3, 0.4) is 0 Å². The molecule has 1 aliphatic rings. The number of halogens is 3. The van der Waals surface area contributed by atoms with Crippen molar-refractivity contribution in [2.75, 3.05) is 18.8 Å². The Bertz CT molecular complexity index is 605. The van der Waals surface area contributed by atoms with Crippen LogP contribution in [-0.4, -0.2) is 44.9 Å². The van der Waals surface area contributed by atoms with E-state index in [1.165, 1.54) is 0 Å². The Morgan fingerprint density at radius 2 is 1.82 bits per heavy atom. The highest BCUT2D eigenvalue weighted by Crippen LogP contribution is 2.36. The summed E-state index contributed by atoms with van der Waals surface area (Å²) in [6, 6.07) is -0.523. The molecule has 0 aliphatic carbocycles. The number of hydrogen-bond acceptors (Lipinski definition) is 4. The van der Waals surface area contributed by atoms with Crippen LogP contribution in [0.4, 0.5) is 23.8 Å². The van der Waals surface area contributed by atoms with Crippen LogP contribution in [0.25, 0.3) is 0 Å². The van der Waals surface area contributed by atoms with Gasteiger partial charge in [0.1, 0.15) is 11.4 Å². The standard InChI is InChI=1S/C11H14F3N5O3/c12-11(13,14)7-6(9(16)20)8(15)19(17-7)5-1-3-18(4-2-5)10(21)22/h5H,1-4,15H2,(H2,16,20)(H,21,22). The van der Waals surface area contributed by atoms with E-state index in [4.69, 9.17) is 16.6 Å². The van der Waals surface area contributed by atoms with Crippen molar-refractivity contribution in [2.24, 2.45) is 5.73 Å². The van der Waals surface area contributed by atoms with Gasteiger partial charge in [0.25, 0.3) is 5.91 Å². The lowest BCUT2D eigenvalue weighted by atomic mass is 10.1. The summed E-state index contributed by atoms with van der Waals surface area (Å²) in [4.78, 5) is 23.2. The largest absolute Gasteiger partial charge is 0.465 e. The second-order valence-electron chi connectivity index (χ2n) is 4.92. The molecular formula is C11H14F3N5O3. The van der Waals surface area contributed by atoms with Crippen LogP contribution in [-0.2, 0) is 6.18 Å². The zero-order valence-electron chi connectivity index (χ0n) is 11.3. The van der Waals surface area contributed by atoms with E-state index in [1.54, 1.807) is 0 Å². The number of nitrogens with two attached hydrogens (primary N) is 2. The summed E-state index contributed by atoms with van der Waals surface area (Å²) in [6.07, 6.45) is -5.46. The van der Waals surface area contributed by atoms with Crippen molar-refractivity contribution in [3.05, 3.63) is 11.3 Å². The van der Waals surface area contributed by atoms with Gasteiger partial charge >= 0.3 is 12.3 Å². The van der Waals surface area contributed by atoms with Crippen molar-refractivity contribution in [2.45, 2.75) is 25.1 Å². The first-order valence-electron chi connectivity index (χ1n) is 6.35. The summed E-state index contributed by atoms with van der Waals surface area (Å²) in [5.41, 5.74) is 8.28. The minimum absolute atomic E-state index is 0.145. The Morgan fingerprint density at radius 1 is 1.27 bits per heavy atom. The molecule has 0 radical (unpaired) electrons. The fourth-order valence-corrected chi connectivity index (χ4v) is 2.47. The first-order chi connectivity index (χ1) is 10.1. The zero-order valence-corrected chi connectivity index (χ0v) is 11.3. The number of hydrogen-bond donors (Lipinski definition) is 3. The number of anilines is 1. The molecule has 0 unspecified atom stereocenters. The fourth-order valence-electron chi connectivity index (χ4n) is 2.47. The van der Waals surface area contributed by atoms with Crippen LogP contribution < -0.4 is 11.5 Å². The van der Waals surface area contributed by atoms with E-state index in [2.05, 4.69) is 5.10 Å². The van der Waals surface area contributed by atoms with Gasteiger partial charge in [0.15, 0.2) is 5.69 Å². The third kappa shape index (κ3) is 2.78. The van der Waals surface area contributed by atoms with E-state index in [9.17, 15) is 22.8 Å². The van der Waals surface area contributed by atoms with Crippen molar-refractivity contribution in [3.63, 3.8) is 0 Å². The molecular weight excluding hydrogens is 307 g/mol. The molecule has 0 bridgehead atoms. The van der Waals surface area contributed by atoms with Gasteiger partial charge in [0, 0.05) is 13.1 Å². The second kappa shape index (κ2) is 5.39. The third-order valence-electron chi connectivity index (χ3n) is 3.54. The van der Waals surface area contributed by atoms with Crippen molar-refractivity contribution in [3.8, 4) is 0 Å². The number of primary amides is 1. The molecule has 1 saturated heterocycles. The SMILES string of the molecule is NC(=O)c1c(C(F)(F)F)nn(C2CCN(C(=O)O)CC2)c1N. The number of alkyl halides is 3. The highest BCUT2D eigenvalue weighted by molar-refractivity contribution is 5.98. The van der Waals surface area contributed by atoms with Gasteiger partial charge in [-0.15, -0.1) is 0 Å². The van der Waals surface area contributed by atoms with Crippen LogP contribution in [0.5, 0.6) is 0 Å². The highest BCUT2D eigenvalue weighted by Gasteiger charge is 2.41. The molecule has 0 spiro atoms. The molecule has 0 atom stereocenters. The summed E-state index contributed by atoms with van der Waals surface area (Å²) in [7, 11) is 0. The number of rotatable bonds is 2. The van der Waals surface area contributed by atoms with Crippen molar-refractivity contribution >= 4 is 17.8 Å². The van der Waals surface area contributed by atoms with Crippen LogP contribution in [0.15, 0.2) is 0 Å². The number of likely N-dealkylation sites (tertiary alicyclic amines) is 1. The smallest absolute Gasteiger partial charge is 0.436 e. The Balaban J connectivity index is 2.34. The first kappa shape index (κ1) is 15.9. The minimum Gasteiger partial charge on any atom is -0.465 e. The minimum atomic E-state index is -4.86. The van der Waals surface area contributed by atoms with Crippen molar-refractivity contribution < 1.29 is 27.9 Å². The Kier molecular flexibility index (Phi) is 3.90. The number of nitrogens with zero attached hydrogens (tertiary/aromatic N) is 3. The molecule has 122 valence electrons. The van der Waals surface area contributed by atoms with Gasteiger partial charge in [-0.05, 0) is 12.8 Å². The number of carbonyl (C=O) groups is 2. The van der Waals surface area contributed by atoms with Gasteiger partial charge in [-0.1, -0.05) is 0 Å². The molecule has 22 heavy (non-hydrogen) atoms. The molecule has 8 nitrogen and oxygen atoms in total. The lowest BCUT2D eigenvalue weighted by Crippen LogP contribution is -2.38. The maximum atomic E-state index is 12.9. The molecule has 1 aliphatic heterocycles. The fraction of sp³-hybridized carbons (Fsp3) is 0.545. The number of nitrogen functional groups attached to an aromatic ring is 1. The van der Waals surface area contributed by atoms with Crippen LogP contribution >= 0.6 is 0 Å². The van der Waals surface area contributed by atoms with E-state index < -0.39 is 41.3 Å². The van der Waals surface area contributed by atoms with E-state index in [0.29, 0.717) is 0 Å². The van der Waals surface area contributed by atoms with Crippen molar-refractivity contribution in [1.82, 2.24) is 14.7 Å². The maximum Gasteiger partial charge on any atom is 0.436 e. The Hall–Kier alpha value is -2.46. The maximum absolute atomic E-state index is 12.9. The Labute approximate surface area is 122 Å². The number of aromatic nitrogens is 2. The topological polar surface area (TPSA) is 127 Å². The number of amides is 2. The summed E-state index contributed by atoms with van der Waals surface area (Å²) >= 11 is 0.